The third-order valence-corrected chi connectivity index (χ3v) is 4.02. The van der Waals surface area contributed by atoms with E-state index < -0.39 is 10.0 Å². The van der Waals surface area contributed by atoms with Gasteiger partial charge >= 0.3 is 0 Å². The van der Waals surface area contributed by atoms with Gasteiger partial charge in [-0.2, -0.15) is 0 Å². The average Bonchev–Trinajstić information content (AvgIpc) is 2.17. The number of aliphatic hydroxyl groups is 1. The van der Waals surface area contributed by atoms with E-state index in [1.165, 1.54) is 7.05 Å². The molecule has 6 heteroatoms. The van der Waals surface area contributed by atoms with Gasteiger partial charge in [-0.05, 0) is 17.7 Å². The first-order valence-corrected chi connectivity index (χ1v) is 6.46. The number of nitrogens with two attached hydrogens (primary N) is 1. The number of rotatable bonds is 5. The van der Waals surface area contributed by atoms with Gasteiger partial charge in [0.15, 0.2) is 0 Å². The highest BCUT2D eigenvalue weighted by atomic mass is 32.2. The maximum absolute atomic E-state index is 11.8. The van der Waals surface area contributed by atoms with E-state index in [0.717, 1.165) is 4.31 Å². The van der Waals surface area contributed by atoms with Gasteiger partial charge in [0.1, 0.15) is 0 Å². The van der Waals surface area contributed by atoms with Crippen molar-refractivity contribution in [2.75, 3.05) is 25.9 Å². The van der Waals surface area contributed by atoms with Crippen LogP contribution in [0.2, 0.25) is 0 Å². The van der Waals surface area contributed by atoms with Crippen LogP contribution in [0.5, 0.6) is 0 Å². The van der Waals surface area contributed by atoms with E-state index in [-0.39, 0.29) is 18.9 Å². The van der Waals surface area contributed by atoms with E-state index in [1.54, 1.807) is 24.3 Å². The van der Waals surface area contributed by atoms with Crippen molar-refractivity contribution in [3.63, 3.8) is 0 Å². The van der Waals surface area contributed by atoms with E-state index in [4.69, 9.17) is 10.8 Å². The Bertz CT molecular complexity index is 445. The standard InChI is InChI=1S/C10H16N2O3S/c1-12(5-6-13)16(14,15)8-9-3-2-4-10(11)7-9/h2-4,7,13H,5-6,8,11H2,1H3. The van der Waals surface area contributed by atoms with Gasteiger partial charge in [-0.25, -0.2) is 12.7 Å². The fourth-order valence-electron chi connectivity index (χ4n) is 1.28. The summed E-state index contributed by atoms with van der Waals surface area (Å²) in [6, 6.07) is 6.75. The number of sulfonamides is 1. The zero-order valence-electron chi connectivity index (χ0n) is 9.13. The lowest BCUT2D eigenvalue weighted by atomic mass is 10.2. The summed E-state index contributed by atoms with van der Waals surface area (Å²) in [4.78, 5) is 0. The van der Waals surface area contributed by atoms with Crippen molar-refractivity contribution >= 4 is 15.7 Å². The highest BCUT2D eigenvalue weighted by Gasteiger charge is 2.17. The van der Waals surface area contributed by atoms with Gasteiger partial charge in [0, 0.05) is 19.3 Å². The zero-order valence-corrected chi connectivity index (χ0v) is 9.94. The number of aliphatic hydroxyl groups excluding tert-OH is 1. The van der Waals surface area contributed by atoms with E-state index in [2.05, 4.69) is 0 Å². The molecule has 0 aromatic heterocycles. The van der Waals surface area contributed by atoms with Crippen LogP contribution >= 0.6 is 0 Å². The Kier molecular flexibility index (Phi) is 4.28. The normalized spacial score (nSPS) is 11.9. The molecule has 1 aromatic carbocycles. The fourth-order valence-corrected chi connectivity index (χ4v) is 2.46. The lowest BCUT2D eigenvalue weighted by molar-refractivity contribution is 0.266. The van der Waals surface area contributed by atoms with E-state index >= 15 is 0 Å². The van der Waals surface area contributed by atoms with Gasteiger partial charge in [0.2, 0.25) is 10.0 Å². The highest BCUT2D eigenvalue weighted by molar-refractivity contribution is 7.88. The molecule has 0 heterocycles. The van der Waals surface area contributed by atoms with Crippen molar-refractivity contribution in [1.29, 1.82) is 0 Å². The van der Waals surface area contributed by atoms with Crippen LogP contribution in [0.25, 0.3) is 0 Å². The minimum absolute atomic E-state index is 0.102. The third-order valence-electron chi connectivity index (χ3n) is 2.19. The molecular weight excluding hydrogens is 228 g/mol. The molecule has 5 nitrogen and oxygen atoms in total. The van der Waals surface area contributed by atoms with Crippen LogP contribution in [0.1, 0.15) is 5.56 Å². The Balaban J connectivity index is 2.80. The molecule has 1 rings (SSSR count). The highest BCUT2D eigenvalue weighted by Crippen LogP contribution is 2.12. The topological polar surface area (TPSA) is 83.6 Å². The van der Waals surface area contributed by atoms with Crippen molar-refractivity contribution < 1.29 is 13.5 Å². The van der Waals surface area contributed by atoms with E-state index in [9.17, 15) is 8.42 Å². The molecule has 0 unspecified atom stereocenters. The lowest BCUT2D eigenvalue weighted by Gasteiger charge is -2.15. The first-order valence-electron chi connectivity index (χ1n) is 4.85. The molecule has 0 aliphatic rings. The fraction of sp³-hybridized carbons (Fsp3) is 0.400. The second-order valence-electron chi connectivity index (χ2n) is 3.55. The molecule has 0 saturated heterocycles. The maximum Gasteiger partial charge on any atom is 0.218 e. The minimum atomic E-state index is -3.37. The SMILES string of the molecule is CN(CCO)S(=O)(=O)Cc1cccc(N)c1. The number of anilines is 1. The van der Waals surface area contributed by atoms with Gasteiger partial charge in [-0.15, -0.1) is 0 Å². The summed E-state index contributed by atoms with van der Waals surface area (Å²) < 4.78 is 24.7. The second kappa shape index (κ2) is 5.29. The molecule has 16 heavy (non-hydrogen) atoms. The number of nitrogens with zero attached hydrogens (tertiary/aromatic N) is 1. The van der Waals surface area contributed by atoms with Crippen LogP contribution in [0, 0.1) is 0 Å². The van der Waals surface area contributed by atoms with Crippen molar-refractivity contribution in [3.05, 3.63) is 29.8 Å². The first kappa shape index (κ1) is 13.0. The number of hydrogen-bond donors (Lipinski definition) is 2. The molecule has 0 aliphatic carbocycles. The van der Waals surface area contributed by atoms with Crippen molar-refractivity contribution in [2.45, 2.75) is 5.75 Å². The molecule has 0 amide bonds. The summed E-state index contributed by atoms with van der Waals surface area (Å²) >= 11 is 0. The van der Waals surface area contributed by atoms with Gasteiger partial charge in [0.05, 0.1) is 12.4 Å². The molecule has 0 spiro atoms. The number of hydrogen-bond acceptors (Lipinski definition) is 4. The first-order chi connectivity index (χ1) is 7.45. The van der Waals surface area contributed by atoms with Crippen LogP contribution in [0.3, 0.4) is 0 Å². The van der Waals surface area contributed by atoms with Gasteiger partial charge < -0.3 is 10.8 Å². The lowest BCUT2D eigenvalue weighted by Crippen LogP contribution is -2.30. The molecular formula is C10H16N2O3S. The molecule has 0 fully saturated rings. The summed E-state index contributed by atoms with van der Waals surface area (Å²) in [5.41, 5.74) is 6.75. The van der Waals surface area contributed by atoms with Crippen LogP contribution < -0.4 is 5.73 Å². The predicted molar refractivity (Wildman–Crippen MR) is 63.2 cm³/mol. The van der Waals surface area contributed by atoms with Crippen LogP contribution in [-0.2, 0) is 15.8 Å². The Morgan fingerprint density at radius 3 is 2.69 bits per heavy atom. The summed E-state index contributed by atoms with van der Waals surface area (Å²) in [5, 5.41) is 8.68. The van der Waals surface area contributed by atoms with Crippen molar-refractivity contribution in [1.82, 2.24) is 4.31 Å². The molecule has 0 atom stereocenters. The minimum Gasteiger partial charge on any atom is -0.399 e. The van der Waals surface area contributed by atoms with Crippen LogP contribution in [0.4, 0.5) is 5.69 Å². The summed E-state index contributed by atoms with van der Waals surface area (Å²) in [6.45, 7) is -0.0860. The molecule has 0 saturated carbocycles. The van der Waals surface area contributed by atoms with E-state index in [1.807, 2.05) is 0 Å². The van der Waals surface area contributed by atoms with Gasteiger partial charge in [0.25, 0.3) is 0 Å². The quantitative estimate of drug-likeness (QED) is 0.715. The van der Waals surface area contributed by atoms with Crippen molar-refractivity contribution in [3.8, 4) is 0 Å². The number of nitrogen functional groups attached to an aromatic ring is 1. The molecule has 0 aliphatic heterocycles. The van der Waals surface area contributed by atoms with Crippen LogP contribution in [0.15, 0.2) is 24.3 Å². The van der Waals surface area contributed by atoms with Crippen LogP contribution in [-0.4, -0.2) is 38.0 Å². The Labute approximate surface area is 95.5 Å². The summed E-state index contributed by atoms with van der Waals surface area (Å²) in [6.07, 6.45) is 0. The Morgan fingerprint density at radius 1 is 1.44 bits per heavy atom. The van der Waals surface area contributed by atoms with E-state index in [0.29, 0.717) is 11.3 Å². The molecule has 3 N–H and O–H groups in total. The molecule has 0 radical (unpaired) electrons. The molecule has 1 aromatic rings. The molecule has 0 bridgehead atoms. The summed E-state index contributed by atoms with van der Waals surface area (Å²) in [7, 11) is -1.93. The average molecular weight is 244 g/mol. The number of benzene rings is 1. The van der Waals surface area contributed by atoms with Gasteiger partial charge in [-0.1, -0.05) is 12.1 Å². The molecule has 90 valence electrons. The Hall–Kier alpha value is -1.11. The van der Waals surface area contributed by atoms with Gasteiger partial charge in [-0.3, -0.25) is 0 Å². The number of likely N-dealkylation sites (N-methyl/N-ethyl adjacent to an activating group) is 1. The largest absolute Gasteiger partial charge is 0.399 e. The monoisotopic (exact) mass is 244 g/mol. The third kappa shape index (κ3) is 3.48. The Morgan fingerprint density at radius 2 is 2.12 bits per heavy atom. The summed E-state index contributed by atoms with van der Waals surface area (Å²) in [5.74, 6) is -0.103. The predicted octanol–water partition coefficient (Wildman–Crippen LogP) is 0.0227. The smallest absolute Gasteiger partial charge is 0.218 e. The zero-order chi connectivity index (χ0) is 12.2. The maximum atomic E-state index is 11.8. The van der Waals surface area contributed by atoms with Crippen molar-refractivity contribution in [2.24, 2.45) is 0 Å². The second-order valence-corrected chi connectivity index (χ2v) is 5.62.